The van der Waals surface area contributed by atoms with Gasteiger partial charge in [-0.2, -0.15) is 0 Å². The van der Waals surface area contributed by atoms with Crippen LogP contribution >= 0.6 is 22.7 Å². The van der Waals surface area contributed by atoms with Crippen LogP contribution in [0.4, 0.5) is 0 Å². The fourth-order valence-corrected chi connectivity index (χ4v) is 3.86. The molecule has 0 radical (unpaired) electrons. The molecule has 120 valence electrons. The van der Waals surface area contributed by atoms with Crippen molar-refractivity contribution >= 4 is 44.8 Å². The third-order valence-electron chi connectivity index (χ3n) is 3.03. The van der Waals surface area contributed by atoms with Gasteiger partial charge in [0.1, 0.15) is 9.88 Å². The van der Waals surface area contributed by atoms with Gasteiger partial charge in [-0.1, -0.05) is 18.1 Å². The first-order valence-electron chi connectivity index (χ1n) is 7.00. The molecule has 0 fully saturated rings. The second-order valence-electron chi connectivity index (χ2n) is 4.71. The summed E-state index contributed by atoms with van der Waals surface area (Å²) in [6, 6.07) is 11.4. The lowest BCUT2D eigenvalue weighted by Crippen LogP contribution is -2.28. The van der Waals surface area contributed by atoms with E-state index >= 15 is 0 Å². The number of para-hydroxylation sites is 1. The molecule has 0 bridgehead atoms. The molecule has 5 nitrogen and oxygen atoms in total. The van der Waals surface area contributed by atoms with Crippen LogP contribution in [0.5, 0.6) is 0 Å². The molecule has 0 aliphatic heterocycles. The highest BCUT2D eigenvalue weighted by molar-refractivity contribution is 7.26. The van der Waals surface area contributed by atoms with E-state index in [0.717, 1.165) is 20.1 Å². The number of hydrogen-bond donors (Lipinski definition) is 1. The second-order valence-corrected chi connectivity index (χ2v) is 6.82. The molecule has 3 aromatic rings. The molecule has 2 heterocycles. The summed E-state index contributed by atoms with van der Waals surface area (Å²) in [6.07, 6.45) is 5.03. The third-order valence-corrected chi connectivity index (χ3v) is 5.30. The van der Waals surface area contributed by atoms with E-state index in [1.165, 1.54) is 11.3 Å². The maximum absolute atomic E-state index is 12.0. The van der Waals surface area contributed by atoms with E-state index in [1.54, 1.807) is 17.4 Å². The van der Waals surface area contributed by atoms with E-state index in [2.05, 4.69) is 16.2 Å². The Kier molecular flexibility index (Phi) is 4.89. The molecular formula is C17H12N2O3S2. The number of hydrogen-bond acceptors (Lipinski definition) is 6. The predicted octanol–water partition coefficient (Wildman–Crippen LogP) is 2.93. The lowest BCUT2D eigenvalue weighted by Gasteiger charge is -2.02. The number of thiophene rings is 1. The van der Waals surface area contributed by atoms with Gasteiger partial charge >= 0.3 is 5.97 Å². The first kappa shape index (κ1) is 16.2. The minimum absolute atomic E-state index is 0.108. The first-order valence-corrected chi connectivity index (χ1v) is 8.64. The Morgan fingerprint density at radius 3 is 2.83 bits per heavy atom. The summed E-state index contributed by atoms with van der Waals surface area (Å²) in [5.41, 5.74) is 0.931. The van der Waals surface area contributed by atoms with E-state index in [4.69, 9.17) is 11.2 Å². The number of amides is 1. The summed E-state index contributed by atoms with van der Waals surface area (Å²) < 4.78 is 6.06. The molecular weight excluding hydrogens is 344 g/mol. The quantitative estimate of drug-likeness (QED) is 0.564. The second kappa shape index (κ2) is 7.25. The monoisotopic (exact) mass is 356 g/mol. The normalized spacial score (nSPS) is 10.3. The van der Waals surface area contributed by atoms with Crippen LogP contribution in [0.3, 0.4) is 0 Å². The minimum Gasteiger partial charge on any atom is -0.451 e. The van der Waals surface area contributed by atoms with Crippen molar-refractivity contribution in [1.29, 1.82) is 0 Å². The predicted molar refractivity (Wildman–Crippen MR) is 95.1 cm³/mol. The molecule has 1 amide bonds. The number of thiazole rings is 1. The molecule has 0 saturated carbocycles. The number of aromatic nitrogens is 1. The number of terminal acetylenes is 1. The number of carbonyl (C=O) groups excluding carboxylic acids is 2. The van der Waals surface area contributed by atoms with Crippen molar-refractivity contribution in [3.05, 3.63) is 41.3 Å². The first-order chi connectivity index (χ1) is 11.7. The highest BCUT2D eigenvalue weighted by Gasteiger charge is 2.15. The van der Waals surface area contributed by atoms with Crippen LogP contribution in [-0.4, -0.2) is 30.0 Å². The highest BCUT2D eigenvalue weighted by Crippen LogP contribution is 2.34. The molecule has 0 aliphatic carbocycles. The zero-order valence-corrected chi connectivity index (χ0v) is 14.1. The highest BCUT2D eigenvalue weighted by atomic mass is 32.1. The van der Waals surface area contributed by atoms with E-state index in [9.17, 15) is 9.59 Å². The number of fused-ring (bicyclic) bond motifs is 1. The van der Waals surface area contributed by atoms with Gasteiger partial charge in [0, 0.05) is 0 Å². The Bertz CT molecular complexity index is 904. The van der Waals surface area contributed by atoms with Crippen LogP contribution in [0.25, 0.3) is 20.1 Å². The minimum atomic E-state index is -0.539. The van der Waals surface area contributed by atoms with Crippen LogP contribution in [0, 0.1) is 12.3 Å². The van der Waals surface area contributed by atoms with E-state index in [0.29, 0.717) is 4.88 Å². The zero-order valence-electron chi connectivity index (χ0n) is 12.4. The zero-order chi connectivity index (χ0) is 16.9. The van der Waals surface area contributed by atoms with Crippen LogP contribution < -0.4 is 5.32 Å². The molecule has 3 rings (SSSR count). The summed E-state index contributed by atoms with van der Waals surface area (Å²) in [7, 11) is 0. The van der Waals surface area contributed by atoms with Gasteiger partial charge in [0.25, 0.3) is 5.91 Å². The van der Waals surface area contributed by atoms with Gasteiger partial charge in [0.05, 0.1) is 21.6 Å². The van der Waals surface area contributed by atoms with E-state index in [1.807, 2.05) is 30.3 Å². The number of nitrogens with zero attached hydrogens (tertiary/aromatic N) is 1. The maximum atomic E-state index is 12.0. The summed E-state index contributed by atoms with van der Waals surface area (Å²) in [5.74, 6) is 1.31. The van der Waals surface area contributed by atoms with E-state index < -0.39 is 11.9 Å². The van der Waals surface area contributed by atoms with Crippen molar-refractivity contribution in [2.24, 2.45) is 0 Å². The average molecular weight is 356 g/mol. The van der Waals surface area contributed by atoms with Crippen LogP contribution in [0.15, 0.2) is 36.4 Å². The standard InChI is InChI=1S/C17H12N2O3S2/c1-2-9-18-15(20)10-22-17(21)14-8-7-13(23-14)16-19-11-5-3-4-6-12(11)24-16/h1,3-8H,9-10H2,(H,18,20). The smallest absolute Gasteiger partial charge is 0.348 e. The Morgan fingerprint density at radius 1 is 1.21 bits per heavy atom. The van der Waals surface area contributed by atoms with Crippen molar-refractivity contribution in [2.75, 3.05) is 13.2 Å². The molecule has 2 aromatic heterocycles. The van der Waals surface area contributed by atoms with Crippen molar-refractivity contribution in [2.45, 2.75) is 0 Å². The molecule has 1 N–H and O–H groups in total. The third kappa shape index (κ3) is 3.62. The lowest BCUT2D eigenvalue weighted by atomic mass is 10.3. The molecule has 0 atom stereocenters. The van der Waals surface area contributed by atoms with Crippen LogP contribution in [-0.2, 0) is 9.53 Å². The summed E-state index contributed by atoms with van der Waals surface area (Å²) in [4.78, 5) is 29.2. The molecule has 1 aromatic carbocycles. The molecule has 24 heavy (non-hydrogen) atoms. The fraction of sp³-hybridized carbons (Fsp3) is 0.118. The number of esters is 1. The largest absolute Gasteiger partial charge is 0.451 e. The van der Waals surface area contributed by atoms with Crippen molar-refractivity contribution in [3.63, 3.8) is 0 Å². The fourth-order valence-electron chi connectivity index (χ4n) is 1.94. The van der Waals surface area contributed by atoms with Crippen LogP contribution in [0.1, 0.15) is 9.67 Å². The van der Waals surface area contributed by atoms with Gasteiger partial charge in [-0.05, 0) is 24.3 Å². The summed E-state index contributed by atoms with van der Waals surface area (Å²) in [5, 5.41) is 3.28. The number of nitrogens with one attached hydrogen (secondary N) is 1. The Labute approximate surface area is 146 Å². The van der Waals surface area contributed by atoms with Gasteiger partial charge in [0.15, 0.2) is 6.61 Å². The summed E-state index contributed by atoms with van der Waals surface area (Å²) in [6.45, 7) is -0.244. The Hall–Kier alpha value is -2.69. The lowest BCUT2D eigenvalue weighted by molar-refractivity contribution is -0.123. The number of rotatable bonds is 5. The van der Waals surface area contributed by atoms with Crippen molar-refractivity contribution in [1.82, 2.24) is 10.3 Å². The van der Waals surface area contributed by atoms with Crippen molar-refractivity contribution in [3.8, 4) is 22.2 Å². The van der Waals surface area contributed by atoms with Gasteiger partial charge in [-0.3, -0.25) is 4.79 Å². The Morgan fingerprint density at radius 2 is 2.04 bits per heavy atom. The van der Waals surface area contributed by atoms with Crippen molar-refractivity contribution < 1.29 is 14.3 Å². The van der Waals surface area contributed by atoms with Gasteiger partial charge in [0.2, 0.25) is 0 Å². The van der Waals surface area contributed by atoms with Crippen LogP contribution in [0.2, 0.25) is 0 Å². The van der Waals surface area contributed by atoms with Gasteiger partial charge in [-0.15, -0.1) is 29.1 Å². The molecule has 0 saturated heterocycles. The topological polar surface area (TPSA) is 68.3 Å². The van der Waals surface area contributed by atoms with Gasteiger partial charge < -0.3 is 10.1 Å². The maximum Gasteiger partial charge on any atom is 0.348 e. The number of ether oxygens (including phenoxy) is 1. The van der Waals surface area contributed by atoms with Gasteiger partial charge in [-0.25, -0.2) is 9.78 Å². The summed E-state index contributed by atoms with van der Waals surface area (Å²) >= 11 is 2.86. The molecule has 7 heteroatoms. The molecule has 0 unspecified atom stereocenters. The van der Waals surface area contributed by atoms with E-state index in [-0.39, 0.29) is 13.2 Å². The SMILES string of the molecule is C#CCNC(=O)COC(=O)c1ccc(-c2nc3ccccc3s2)s1. The number of benzene rings is 1. The number of carbonyl (C=O) groups is 2. The average Bonchev–Trinajstić information content (AvgIpc) is 3.23. The Balaban J connectivity index is 1.67. The molecule has 0 spiro atoms. The molecule has 0 aliphatic rings.